The van der Waals surface area contributed by atoms with E-state index in [0.29, 0.717) is 12.0 Å². The first kappa shape index (κ1) is 26.9. The summed E-state index contributed by atoms with van der Waals surface area (Å²) in [5, 5.41) is 46.7. The van der Waals surface area contributed by atoms with Gasteiger partial charge in [-0.3, -0.25) is 4.68 Å². The number of carbonyl (C=O) groups is 1. The van der Waals surface area contributed by atoms with Gasteiger partial charge >= 0.3 is 12.1 Å². The molecule has 1 aromatic heterocycles. The molecule has 11 heteroatoms. The highest BCUT2D eigenvalue weighted by Crippen LogP contribution is 2.34. The van der Waals surface area contributed by atoms with E-state index < -0.39 is 43.2 Å². The van der Waals surface area contributed by atoms with Crippen molar-refractivity contribution in [1.29, 1.82) is 0 Å². The van der Waals surface area contributed by atoms with E-state index in [-0.39, 0.29) is 11.9 Å². The summed E-state index contributed by atoms with van der Waals surface area (Å²) in [6.07, 6.45) is -6.72. The third kappa shape index (κ3) is 5.76. The Hall–Kier alpha value is -2.70. The second kappa shape index (κ2) is 10.9. The van der Waals surface area contributed by atoms with Crippen molar-refractivity contribution in [3.05, 3.63) is 46.6 Å². The quantitative estimate of drug-likeness (QED) is 0.311. The summed E-state index contributed by atoms with van der Waals surface area (Å²) in [5.74, 6) is -2.79. The van der Waals surface area contributed by atoms with E-state index in [2.05, 4.69) is 16.8 Å². The van der Waals surface area contributed by atoms with E-state index in [1.54, 1.807) is 4.68 Å². The number of benzene rings is 1. The Bertz CT molecular complexity index is 1010. The smallest absolute Gasteiger partial charge is 0.438 e. The minimum atomic E-state index is -2.79. The van der Waals surface area contributed by atoms with Crippen molar-refractivity contribution < 1.29 is 44.2 Å². The Morgan fingerprint density at radius 1 is 1.17 bits per heavy atom. The molecule has 1 aliphatic heterocycles. The van der Waals surface area contributed by atoms with E-state index in [1.165, 1.54) is 5.56 Å². The number of nitrogens with zero attached hydrogens (tertiary/aromatic N) is 2. The average molecular weight is 495 g/mol. The van der Waals surface area contributed by atoms with Crippen LogP contribution in [-0.2, 0) is 27.1 Å². The standard InChI is InChI=1S/C24H34N2O9/c1-6-15-7-9-16(10-8-15)11-17-14(4)26(13(2)3)25-22(17)35-24(31)21(29)20(28)19(27)18(34-24)12-33-23(30)32-5/h7-10,13,18-21,27-29,31H,6,11-12H2,1-5H3/t18-,19-,20+,21-,24-/m1/s1. The second-order valence-electron chi connectivity index (χ2n) is 8.83. The van der Waals surface area contributed by atoms with E-state index in [0.717, 1.165) is 24.8 Å². The first-order valence-electron chi connectivity index (χ1n) is 11.5. The maximum atomic E-state index is 11.3. The number of aliphatic hydroxyl groups excluding tert-OH is 3. The number of ether oxygens (including phenoxy) is 4. The van der Waals surface area contributed by atoms with Crippen molar-refractivity contribution in [2.24, 2.45) is 0 Å². The zero-order valence-corrected chi connectivity index (χ0v) is 20.5. The molecule has 0 radical (unpaired) electrons. The third-order valence-corrected chi connectivity index (χ3v) is 6.06. The molecule has 2 heterocycles. The number of methoxy groups -OCH3 is 1. The van der Waals surface area contributed by atoms with Crippen LogP contribution < -0.4 is 4.74 Å². The summed E-state index contributed by atoms with van der Waals surface area (Å²) in [4.78, 5) is 11.3. The molecule has 194 valence electrons. The van der Waals surface area contributed by atoms with Gasteiger partial charge in [0.2, 0.25) is 5.88 Å². The molecule has 1 fully saturated rings. The molecule has 1 saturated heterocycles. The van der Waals surface area contributed by atoms with E-state index in [4.69, 9.17) is 14.2 Å². The Morgan fingerprint density at radius 2 is 1.80 bits per heavy atom. The summed E-state index contributed by atoms with van der Waals surface area (Å²) in [6.45, 7) is 7.24. The molecule has 1 aromatic carbocycles. The summed E-state index contributed by atoms with van der Waals surface area (Å²) in [5.41, 5.74) is 3.61. The van der Waals surface area contributed by atoms with Crippen molar-refractivity contribution >= 4 is 6.16 Å². The zero-order chi connectivity index (χ0) is 25.9. The fraction of sp³-hybridized carbons (Fsp3) is 0.583. The molecule has 0 saturated carbocycles. The highest BCUT2D eigenvalue weighted by atomic mass is 16.8. The summed E-state index contributed by atoms with van der Waals surface area (Å²) in [7, 11) is 1.10. The normalized spacial score (nSPS) is 26.6. The molecule has 2 aromatic rings. The molecule has 5 atom stereocenters. The number of aliphatic hydroxyl groups is 4. The van der Waals surface area contributed by atoms with Crippen molar-refractivity contribution in [2.75, 3.05) is 13.7 Å². The van der Waals surface area contributed by atoms with Gasteiger partial charge in [-0.15, -0.1) is 5.10 Å². The molecule has 3 rings (SSSR count). The Balaban J connectivity index is 1.92. The van der Waals surface area contributed by atoms with E-state index in [1.807, 2.05) is 45.0 Å². The highest BCUT2D eigenvalue weighted by Gasteiger charge is 2.56. The number of carbonyl (C=O) groups excluding carboxylic acids is 1. The molecule has 4 N–H and O–H groups in total. The van der Waals surface area contributed by atoms with Crippen LogP contribution in [0, 0.1) is 6.92 Å². The molecule has 0 bridgehead atoms. The lowest BCUT2D eigenvalue weighted by molar-refractivity contribution is -0.423. The second-order valence-corrected chi connectivity index (χ2v) is 8.83. The molecule has 0 unspecified atom stereocenters. The van der Waals surface area contributed by atoms with E-state index >= 15 is 0 Å². The predicted molar refractivity (Wildman–Crippen MR) is 123 cm³/mol. The molecular formula is C24H34N2O9. The van der Waals surface area contributed by atoms with Crippen LogP contribution in [0.3, 0.4) is 0 Å². The number of hydrogen-bond donors (Lipinski definition) is 4. The first-order chi connectivity index (χ1) is 16.5. The molecule has 0 aliphatic carbocycles. The van der Waals surface area contributed by atoms with Crippen molar-refractivity contribution in [3.63, 3.8) is 0 Å². The van der Waals surface area contributed by atoms with Crippen LogP contribution in [0.15, 0.2) is 24.3 Å². The molecule has 35 heavy (non-hydrogen) atoms. The number of aromatic nitrogens is 2. The van der Waals surface area contributed by atoms with Gasteiger partial charge in [0.15, 0.2) is 6.10 Å². The molecule has 11 nitrogen and oxygen atoms in total. The SMILES string of the molecule is CCc1ccc(Cc2c(O[C@]3(O)O[C@H](COC(=O)OC)[C@@H](O)[C@H](O)[C@H]3O)nn(C(C)C)c2C)cc1. The van der Waals surface area contributed by atoms with E-state index in [9.17, 15) is 25.2 Å². The van der Waals surface area contributed by atoms with Gasteiger partial charge in [0.25, 0.3) is 0 Å². The van der Waals surface area contributed by atoms with Crippen LogP contribution in [-0.4, -0.2) is 80.5 Å². The number of rotatable bonds is 8. The van der Waals surface area contributed by atoms with Gasteiger partial charge in [0.1, 0.15) is 24.9 Å². The Kier molecular flexibility index (Phi) is 8.39. The summed E-state index contributed by atoms with van der Waals surface area (Å²) < 4.78 is 22.0. The maximum Gasteiger partial charge on any atom is 0.508 e. The lowest BCUT2D eigenvalue weighted by atomic mass is 9.97. The number of hydrogen-bond acceptors (Lipinski definition) is 10. The minimum Gasteiger partial charge on any atom is -0.438 e. The van der Waals surface area contributed by atoms with Gasteiger partial charge in [0.05, 0.1) is 7.11 Å². The highest BCUT2D eigenvalue weighted by molar-refractivity contribution is 5.59. The van der Waals surface area contributed by atoms with Gasteiger partial charge in [0, 0.05) is 23.7 Å². The third-order valence-electron chi connectivity index (χ3n) is 6.06. The predicted octanol–water partition coefficient (Wildman–Crippen LogP) is 1.22. The molecule has 0 spiro atoms. The van der Waals surface area contributed by atoms with Gasteiger partial charge in [-0.25, -0.2) is 4.79 Å². The largest absolute Gasteiger partial charge is 0.508 e. The number of aryl methyl sites for hydroxylation is 1. The lowest BCUT2D eigenvalue weighted by Gasteiger charge is -2.44. The maximum absolute atomic E-state index is 11.3. The first-order valence-corrected chi connectivity index (χ1v) is 11.5. The van der Waals surface area contributed by atoms with Crippen molar-refractivity contribution in [2.45, 2.75) is 77.0 Å². The molecule has 1 aliphatic rings. The van der Waals surface area contributed by atoms with Crippen LogP contribution in [0.1, 0.15) is 49.2 Å². The summed E-state index contributed by atoms with van der Waals surface area (Å²) in [6, 6.07) is 8.02. The van der Waals surface area contributed by atoms with Crippen LogP contribution in [0.2, 0.25) is 0 Å². The zero-order valence-electron chi connectivity index (χ0n) is 20.5. The molecule has 0 amide bonds. The Labute approximate surface area is 203 Å². The van der Waals surface area contributed by atoms with Gasteiger partial charge in [-0.1, -0.05) is 31.2 Å². The minimum absolute atomic E-state index is 0.00598. The Morgan fingerprint density at radius 3 is 2.37 bits per heavy atom. The van der Waals surface area contributed by atoms with Crippen LogP contribution in [0.5, 0.6) is 5.88 Å². The fourth-order valence-corrected chi connectivity index (χ4v) is 3.95. The molecular weight excluding hydrogens is 460 g/mol. The van der Waals surface area contributed by atoms with Gasteiger partial charge in [-0.05, 0) is 38.3 Å². The fourth-order valence-electron chi connectivity index (χ4n) is 3.95. The van der Waals surface area contributed by atoms with Gasteiger partial charge < -0.3 is 39.4 Å². The van der Waals surface area contributed by atoms with Crippen molar-refractivity contribution in [1.82, 2.24) is 9.78 Å². The van der Waals surface area contributed by atoms with Crippen LogP contribution >= 0.6 is 0 Å². The van der Waals surface area contributed by atoms with Crippen LogP contribution in [0.25, 0.3) is 0 Å². The van der Waals surface area contributed by atoms with Crippen LogP contribution in [0.4, 0.5) is 4.79 Å². The lowest BCUT2D eigenvalue weighted by Crippen LogP contribution is -2.67. The average Bonchev–Trinajstić information content (AvgIpc) is 3.14. The van der Waals surface area contributed by atoms with Crippen molar-refractivity contribution in [3.8, 4) is 5.88 Å². The topological polar surface area (TPSA) is 153 Å². The monoisotopic (exact) mass is 494 g/mol. The summed E-state index contributed by atoms with van der Waals surface area (Å²) >= 11 is 0. The van der Waals surface area contributed by atoms with Gasteiger partial charge in [-0.2, -0.15) is 0 Å².